The van der Waals surface area contributed by atoms with Crippen molar-refractivity contribution >= 4 is 5.97 Å². The molecule has 0 amide bonds. The Balaban J connectivity index is 1.44. The van der Waals surface area contributed by atoms with Crippen LogP contribution in [0.15, 0.2) is 18.2 Å². The smallest absolute Gasteiger partial charge is 0.335 e. The van der Waals surface area contributed by atoms with Crippen LogP contribution in [0.1, 0.15) is 43.2 Å². The maximum absolute atomic E-state index is 11.4. The summed E-state index contributed by atoms with van der Waals surface area (Å²) >= 11 is 0. The second-order valence-corrected chi connectivity index (χ2v) is 9.72. The molecule has 4 N–H and O–H groups in total. The van der Waals surface area contributed by atoms with Crippen LogP contribution in [0.3, 0.4) is 0 Å². The number of benzene rings is 1. The number of ether oxygens (including phenoxy) is 2. The molecule has 0 unspecified atom stereocenters. The zero-order valence-electron chi connectivity index (χ0n) is 17.7. The lowest BCUT2D eigenvalue weighted by molar-refractivity contribution is -0.271. The van der Waals surface area contributed by atoms with Crippen molar-refractivity contribution in [3.63, 3.8) is 0 Å². The first-order valence-corrected chi connectivity index (χ1v) is 11.2. The van der Waals surface area contributed by atoms with Gasteiger partial charge in [-0.25, -0.2) is 4.79 Å². The molecule has 0 radical (unpaired) electrons. The van der Waals surface area contributed by atoms with E-state index in [1.54, 1.807) is 0 Å². The third kappa shape index (κ3) is 3.36. The first-order valence-electron chi connectivity index (χ1n) is 11.2. The SMILES string of the molecule is CN1CC[C@@]23CC[C@@H]1C[C@H]2CCc1ccc(O[C@@H]2O[C@H](C(=O)O)[C@@H](O)[C@H](O)[C@H]2O)cc13. The molecular formula is C23H31NO7. The van der Waals surface area contributed by atoms with Crippen molar-refractivity contribution in [1.29, 1.82) is 0 Å². The van der Waals surface area contributed by atoms with Crippen molar-refractivity contribution in [3.8, 4) is 5.75 Å². The fourth-order valence-corrected chi connectivity index (χ4v) is 6.40. The van der Waals surface area contributed by atoms with Gasteiger partial charge in [0.2, 0.25) is 6.29 Å². The van der Waals surface area contributed by atoms with E-state index >= 15 is 0 Å². The maximum Gasteiger partial charge on any atom is 0.335 e. The third-order valence-corrected chi connectivity index (χ3v) is 8.24. The Labute approximate surface area is 181 Å². The molecule has 0 aromatic heterocycles. The summed E-state index contributed by atoms with van der Waals surface area (Å²) < 4.78 is 11.2. The van der Waals surface area contributed by atoms with Crippen molar-refractivity contribution in [2.24, 2.45) is 5.92 Å². The van der Waals surface area contributed by atoms with Gasteiger partial charge in [0.15, 0.2) is 6.10 Å². The topological polar surface area (TPSA) is 120 Å². The van der Waals surface area contributed by atoms with E-state index in [1.165, 1.54) is 30.4 Å². The predicted octanol–water partition coefficient (Wildman–Crippen LogP) is 0.646. The van der Waals surface area contributed by atoms with Crippen molar-refractivity contribution in [2.45, 2.75) is 80.7 Å². The van der Waals surface area contributed by atoms with Gasteiger partial charge in [0, 0.05) is 6.04 Å². The molecule has 3 heterocycles. The molecule has 2 aliphatic carbocycles. The molecule has 1 aromatic rings. The molecule has 1 aromatic carbocycles. The molecule has 8 heteroatoms. The quantitative estimate of drug-likeness (QED) is 0.549. The second kappa shape index (κ2) is 7.71. The standard InChI is InChI=1S/C23H31NO7/c1-24-9-8-23-7-6-14(24)10-13(23)4-2-12-3-5-15(11-16(12)23)30-22-19(27)17(25)18(26)20(31-22)21(28)29/h3,5,11,13-14,17-20,22,25-27H,2,4,6-10H2,1H3,(H,28,29)/t13-,14-,17+,18+,19-,20+,22-,23+/m1/s1. The van der Waals surface area contributed by atoms with E-state index in [-0.39, 0.29) is 5.41 Å². The highest BCUT2D eigenvalue weighted by molar-refractivity contribution is 5.73. The van der Waals surface area contributed by atoms with Gasteiger partial charge in [0.05, 0.1) is 0 Å². The van der Waals surface area contributed by atoms with E-state index < -0.39 is 36.7 Å². The van der Waals surface area contributed by atoms with Crippen molar-refractivity contribution < 1.29 is 34.7 Å². The number of nitrogens with zero attached hydrogens (tertiary/aromatic N) is 1. The second-order valence-electron chi connectivity index (χ2n) is 9.72. The van der Waals surface area contributed by atoms with E-state index in [4.69, 9.17) is 9.47 Å². The van der Waals surface area contributed by atoms with Crippen LogP contribution >= 0.6 is 0 Å². The van der Waals surface area contributed by atoms with Crippen LogP contribution < -0.4 is 4.74 Å². The summed E-state index contributed by atoms with van der Waals surface area (Å²) in [6.45, 7) is 1.07. The van der Waals surface area contributed by atoms with E-state index in [9.17, 15) is 25.2 Å². The summed E-state index contributed by atoms with van der Waals surface area (Å²) in [4.78, 5) is 13.9. The lowest BCUT2D eigenvalue weighted by Crippen LogP contribution is -2.61. The Morgan fingerprint density at radius 1 is 1.16 bits per heavy atom. The molecule has 2 bridgehead atoms. The Morgan fingerprint density at radius 2 is 1.97 bits per heavy atom. The fraction of sp³-hybridized carbons (Fsp3) is 0.696. The van der Waals surface area contributed by atoms with E-state index in [0.29, 0.717) is 17.7 Å². The number of aliphatic hydroxyl groups excluding tert-OH is 3. The average molecular weight is 434 g/mol. The minimum atomic E-state index is -1.73. The minimum Gasteiger partial charge on any atom is -0.479 e. The van der Waals surface area contributed by atoms with Gasteiger partial charge in [-0.05, 0) is 86.7 Å². The highest BCUT2D eigenvalue weighted by atomic mass is 16.7. The molecule has 31 heavy (non-hydrogen) atoms. The predicted molar refractivity (Wildman–Crippen MR) is 110 cm³/mol. The number of aryl methyl sites for hydroxylation is 1. The number of aliphatic hydroxyl groups is 3. The maximum atomic E-state index is 11.4. The van der Waals surface area contributed by atoms with Crippen LogP contribution in [0.4, 0.5) is 0 Å². The normalized spacial score (nSPS) is 42.4. The summed E-state index contributed by atoms with van der Waals surface area (Å²) in [7, 11) is 2.22. The van der Waals surface area contributed by atoms with Crippen molar-refractivity contribution in [3.05, 3.63) is 29.3 Å². The Bertz CT molecular complexity index is 862. The van der Waals surface area contributed by atoms with Gasteiger partial charge in [-0.1, -0.05) is 6.07 Å². The summed E-state index contributed by atoms with van der Waals surface area (Å²) in [5.41, 5.74) is 2.76. The van der Waals surface area contributed by atoms with Gasteiger partial charge < -0.3 is 34.8 Å². The van der Waals surface area contributed by atoms with Crippen LogP contribution in [0.5, 0.6) is 5.75 Å². The Kier molecular flexibility index (Phi) is 5.26. The van der Waals surface area contributed by atoms with Crippen molar-refractivity contribution in [2.75, 3.05) is 13.6 Å². The third-order valence-electron chi connectivity index (χ3n) is 8.24. The largest absolute Gasteiger partial charge is 0.479 e. The van der Waals surface area contributed by atoms with Crippen LogP contribution in [-0.2, 0) is 21.4 Å². The highest BCUT2D eigenvalue weighted by Crippen LogP contribution is 2.55. The van der Waals surface area contributed by atoms with Gasteiger partial charge in [-0.3, -0.25) is 0 Å². The minimum absolute atomic E-state index is 0.125. The summed E-state index contributed by atoms with van der Waals surface area (Å²) in [6, 6.07) is 6.56. The first kappa shape index (κ1) is 21.2. The van der Waals surface area contributed by atoms with E-state index in [1.807, 2.05) is 12.1 Å². The van der Waals surface area contributed by atoms with Gasteiger partial charge in [-0.2, -0.15) is 0 Å². The number of rotatable bonds is 3. The van der Waals surface area contributed by atoms with Gasteiger partial charge in [0.25, 0.3) is 0 Å². The summed E-state index contributed by atoms with van der Waals surface area (Å²) in [6.07, 6.45) is -1.12. The lowest BCUT2D eigenvalue weighted by Gasteiger charge is -2.49. The number of hydrogen-bond donors (Lipinski definition) is 4. The number of carbonyl (C=O) groups is 1. The molecule has 170 valence electrons. The van der Waals surface area contributed by atoms with Crippen LogP contribution in [-0.4, -0.2) is 81.6 Å². The molecule has 5 aliphatic rings. The highest BCUT2D eigenvalue weighted by Gasteiger charge is 2.51. The van der Waals surface area contributed by atoms with Crippen LogP contribution in [0.25, 0.3) is 0 Å². The number of fused-ring (bicyclic) bond motifs is 4. The number of carboxylic acid groups (broad SMARTS) is 1. The zero-order valence-corrected chi connectivity index (χ0v) is 17.7. The van der Waals surface area contributed by atoms with Gasteiger partial charge in [-0.15, -0.1) is 0 Å². The molecule has 1 saturated carbocycles. The average Bonchev–Trinajstić information content (AvgIpc) is 3.01. The fourth-order valence-electron chi connectivity index (χ4n) is 6.40. The van der Waals surface area contributed by atoms with Crippen LogP contribution in [0, 0.1) is 5.92 Å². The van der Waals surface area contributed by atoms with Crippen molar-refractivity contribution in [1.82, 2.24) is 4.90 Å². The molecule has 4 fully saturated rings. The number of hydrogen-bond acceptors (Lipinski definition) is 7. The molecule has 6 rings (SSSR count). The first-order chi connectivity index (χ1) is 14.8. The van der Waals surface area contributed by atoms with Crippen LogP contribution in [0.2, 0.25) is 0 Å². The lowest BCUT2D eigenvalue weighted by atomic mass is 9.56. The summed E-state index contributed by atoms with van der Waals surface area (Å²) in [5.74, 6) is -0.298. The molecule has 1 spiro atoms. The summed E-state index contributed by atoms with van der Waals surface area (Å²) in [5, 5.41) is 39.5. The molecule has 3 aliphatic heterocycles. The molecule has 8 atom stereocenters. The molecule has 3 saturated heterocycles. The van der Waals surface area contributed by atoms with E-state index in [2.05, 4.69) is 18.0 Å². The molecular weight excluding hydrogens is 402 g/mol. The Hall–Kier alpha value is -1.71. The molecule has 8 nitrogen and oxygen atoms in total. The van der Waals surface area contributed by atoms with E-state index in [0.717, 1.165) is 25.8 Å². The van der Waals surface area contributed by atoms with Gasteiger partial charge in [0.1, 0.15) is 24.1 Å². The Morgan fingerprint density at radius 3 is 2.74 bits per heavy atom. The number of aliphatic carboxylic acids is 1. The number of carboxylic acids is 1. The zero-order chi connectivity index (χ0) is 21.9. The monoisotopic (exact) mass is 433 g/mol. The van der Waals surface area contributed by atoms with Gasteiger partial charge >= 0.3 is 5.97 Å².